The van der Waals surface area contributed by atoms with Crippen molar-refractivity contribution in [1.29, 1.82) is 0 Å². The highest BCUT2D eigenvalue weighted by Crippen LogP contribution is 2.32. The van der Waals surface area contributed by atoms with Crippen LogP contribution in [0.4, 0.5) is 0 Å². The lowest BCUT2D eigenvalue weighted by Crippen LogP contribution is -2.42. The van der Waals surface area contributed by atoms with Crippen LogP contribution in [-0.4, -0.2) is 30.6 Å². The number of hydrogen-bond acceptors (Lipinski definition) is 2. The normalized spacial score (nSPS) is 31.2. The highest BCUT2D eigenvalue weighted by molar-refractivity contribution is 5.30. The fraction of sp³-hybridized carbons (Fsp3) is 0.667. The second-order valence-corrected chi connectivity index (χ2v) is 6.82. The largest absolute Gasteiger partial charge is 0.489 e. The molecule has 0 bridgehead atoms. The molecule has 0 aromatic carbocycles. The molecule has 0 saturated carbocycles. The molecule has 2 heterocycles. The van der Waals surface area contributed by atoms with Gasteiger partial charge in [-0.3, -0.25) is 4.90 Å². The van der Waals surface area contributed by atoms with E-state index < -0.39 is 0 Å². The van der Waals surface area contributed by atoms with E-state index in [1.807, 2.05) is 12.2 Å². The smallest absolute Gasteiger partial charge is 0.122 e. The van der Waals surface area contributed by atoms with Gasteiger partial charge in [-0.2, -0.15) is 0 Å². The Bertz CT molecular complexity index is 396. The number of piperidine rings is 1. The van der Waals surface area contributed by atoms with Crippen LogP contribution in [0.5, 0.6) is 0 Å². The molecule has 0 N–H and O–H groups in total. The molecule has 1 unspecified atom stereocenters. The molecular formula is C18H29NO. The number of allylic oxidation sites excluding steroid dienone is 4. The third-order valence-electron chi connectivity index (χ3n) is 4.63. The van der Waals surface area contributed by atoms with Crippen molar-refractivity contribution in [3.05, 3.63) is 36.1 Å². The number of rotatable bonds is 3. The SMILES string of the molecule is C=C/C=C1/OC(CN2CCC(C)(C)CC2)CC/C1=C/C. The lowest BCUT2D eigenvalue weighted by molar-refractivity contribution is 0.0363. The quantitative estimate of drug-likeness (QED) is 0.761. The fourth-order valence-corrected chi connectivity index (χ4v) is 3.05. The summed E-state index contributed by atoms with van der Waals surface area (Å²) in [4.78, 5) is 2.57. The van der Waals surface area contributed by atoms with Crippen molar-refractivity contribution in [2.24, 2.45) is 5.41 Å². The monoisotopic (exact) mass is 275 g/mol. The summed E-state index contributed by atoms with van der Waals surface area (Å²) >= 11 is 0. The second kappa shape index (κ2) is 6.62. The predicted octanol–water partition coefficient (Wildman–Crippen LogP) is 4.30. The molecule has 2 saturated heterocycles. The Balaban J connectivity index is 1.89. The van der Waals surface area contributed by atoms with Gasteiger partial charge in [-0.1, -0.05) is 32.6 Å². The molecule has 0 aliphatic carbocycles. The van der Waals surface area contributed by atoms with Gasteiger partial charge in [0.1, 0.15) is 11.9 Å². The Kier molecular flexibility index (Phi) is 5.09. The second-order valence-electron chi connectivity index (χ2n) is 6.82. The van der Waals surface area contributed by atoms with Crippen molar-refractivity contribution < 1.29 is 4.74 Å². The first-order chi connectivity index (χ1) is 9.54. The lowest BCUT2D eigenvalue weighted by Gasteiger charge is -2.39. The minimum Gasteiger partial charge on any atom is -0.489 e. The van der Waals surface area contributed by atoms with Crippen molar-refractivity contribution in [1.82, 2.24) is 4.90 Å². The van der Waals surface area contributed by atoms with Crippen molar-refractivity contribution in [3.8, 4) is 0 Å². The van der Waals surface area contributed by atoms with E-state index in [2.05, 4.69) is 38.3 Å². The summed E-state index contributed by atoms with van der Waals surface area (Å²) in [5.74, 6) is 1.02. The maximum absolute atomic E-state index is 6.16. The van der Waals surface area contributed by atoms with Gasteiger partial charge in [0.15, 0.2) is 0 Å². The van der Waals surface area contributed by atoms with Crippen molar-refractivity contribution in [2.45, 2.75) is 52.6 Å². The van der Waals surface area contributed by atoms with Crippen molar-refractivity contribution in [2.75, 3.05) is 19.6 Å². The summed E-state index contributed by atoms with van der Waals surface area (Å²) < 4.78 is 6.16. The predicted molar refractivity (Wildman–Crippen MR) is 85.6 cm³/mol. The van der Waals surface area contributed by atoms with Gasteiger partial charge in [-0.05, 0) is 62.8 Å². The molecule has 1 atom stereocenters. The van der Waals surface area contributed by atoms with Crippen molar-refractivity contribution >= 4 is 0 Å². The third kappa shape index (κ3) is 3.99. The summed E-state index contributed by atoms with van der Waals surface area (Å²) in [7, 11) is 0. The lowest BCUT2D eigenvalue weighted by atomic mass is 9.82. The molecule has 0 amide bonds. The van der Waals surface area contributed by atoms with Gasteiger partial charge >= 0.3 is 0 Å². The minimum atomic E-state index is 0.339. The third-order valence-corrected chi connectivity index (χ3v) is 4.63. The van der Waals surface area contributed by atoms with Crippen LogP contribution in [0.2, 0.25) is 0 Å². The molecule has 112 valence electrons. The number of hydrogen-bond donors (Lipinski definition) is 0. The average molecular weight is 275 g/mol. The van der Waals surface area contributed by atoms with Crippen LogP contribution < -0.4 is 0 Å². The first-order valence-corrected chi connectivity index (χ1v) is 7.91. The van der Waals surface area contributed by atoms with Gasteiger partial charge < -0.3 is 4.74 Å². The zero-order valence-electron chi connectivity index (χ0n) is 13.3. The van der Waals surface area contributed by atoms with E-state index in [0.717, 1.165) is 25.1 Å². The number of nitrogens with zero attached hydrogens (tertiary/aromatic N) is 1. The highest BCUT2D eigenvalue weighted by atomic mass is 16.5. The maximum atomic E-state index is 6.16. The summed E-state index contributed by atoms with van der Waals surface area (Å²) in [5.41, 5.74) is 1.84. The molecule has 2 fully saturated rings. The first kappa shape index (κ1) is 15.4. The van der Waals surface area contributed by atoms with Crippen LogP contribution >= 0.6 is 0 Å². The molecule has 0 aromatic rings. The zero-order valence-corrected chi connectivity index (χ0v) is 13.3. The molecule has 2 nitrogen and oxygen atoms in total. The fourth-order valence-electron chi connectivity index (χ4n) is 3.05. The van der Waals surface area contributed by atoms with Crippen LogP contribution in [0, 0.1) is 5.41 Å². The molecule has 0 spiro atoms. The summed E-state index contributed by atoms with van der Waals surface area (Å²) in [6, 6.07) is 0. The van der Waals surface area contributed by atoms with Gasteiger partial charge in [-0.25, -0.2) is 0 Å². The Morgan fingerprint density at radius 1 is 1.35 bits per heavy atom. The van der Waals surface area contributed by atoms with E-state index in [4.69, 9.17) is 4.74 Å². The van der Waals surface area contributed by atoms with Crippen LogP contribution in [0.25, 0.3) is 0 Å². The zero-order chi connectivity index (χ0) is 14.6. The van der Waals surface area contributed by atoms with Gasteiger partial charge in [0, 0.05) is 6.54 Å². The van der Waals surface area contributed by atoms with E-state index in [1.165, 1.54) is 31.5 Å². The maximum Gasteiger partial charge on any atom is 0.122 e. The molecule has 20 heavy (non-hydrogen) atoms. The number of likely N-dealkylation sites (tertiary alicyclic amines) is 1. The average Bonchev–Trinajstić information content (AvgIpc) is 2.42. The van der Waals surface area contributed by atoms with Crippen LogP contribution in [0.3, 0.4) is 0 Å². The Morgan fingerprint density at radius 2 is 2.05 bits per heavy atom. The Morgan fingerprint density at radius 3 is 2.65 bits per heavy atom. The van der Waals surface area contributed by atoms with Crippen LogP contribution in [0.15, 0.2) is 36.1 Å². The van der Waals surface area contributed by atoms with Gasteiger partial charge in [-0.15, -0.1) is 0 Å². The summed E-state index contributed by atoms with van der Waals surface area (Å²) in [6.07, 6.45) is 11.2. The van der Waals surface area contributed by atoms with E-state index >= 15 is 0 Å². The summed E-state index contributed by atoms with van der Waals surface area (Å²) in [6.45, 7) is 14.1. The van der Waals surface area contributed by atoms with Gasteiger partial charge in [0.25, 0.3) is 0 Å². The molecule has 2 aliphatic heterocycles. The van der Waals surface area contributed by atoms with Gasteiger partial charge in [0.2, 0.25) is 0 Å². The molecule has 2 aliphatic rings. The standard InChI is InChI=1S/C18H29NO/c1-5-7-17-15(6-2)8-9-16(20-17)14-19-12-10-18(3,4)11-13-19/h5-7,16H,1,8-14H2,2-4H3/b15-6-,17-7+. The Hall–Kier alpha value is -1.02. The molecule has 0 radical (unpaired) electrons. The minimum absolute atomic E-state index is 0.339. The van der Waals surface area contributed by atoms with E-state index in [1.54, 1.807) is 0 Å². The van der Waals surface area contributed by atoms with Crippen molar-refractivity contribution in [3.63, 3.8) is 0 Å². The van der Waals surface area contributed by atoms with E-state index in [9.17, 15) is 0 Å². The first-order valence-electron chi connectivity index (χ1n) is 7.91. The van der Waals surface area contributed by atoms with Gasteiger partial charge in [0.05, 0.1) is 0 Å². The summed E-state index contributed by atoms with van der Waals surface area (Å²) in [5, 5.41) is 0. The van der Waals surface area contributed by atoms with E-state index in [0.29, 0.717) is 11.5 Å². The van der Waals surface area contributed by atoms with E-state index in [-0.39, 0.29) is 0 Å². The molecule has 2 rings (SSSR count). The Labute approximate surface area is 124 Å². The molecular weight excluding hydrogens is 246 g/mol. The van der Waals surface area contributed by atoms with Crippen LogP contribution in [0.1, 0.15) is 46.5 Å². The topological polar surface area (TPSA) is 12.5 Å². The number of ether oxygens (including phenoxy) is 1. The molecule has 2 heteroatoms. The molecule has 0 aromatic heterocycles. The van der Waals surface area contributed by atoms with Crippen LogP contribution in [-0.2, 0) is 4.74 Å². The highest BCUT2D eigenvalue weighted by Gasteiger charge is 2.28.